The number of fused-ring (bicyclic) bond motifs is 1. The quantitative estimate of drug-likeness (QED) is 0.436. The molecule has 10 heteroatoms. The van der Waals surface area contributed by atoms with Crippen molar-refractivity contribution in [1.29, 1.82) is 0 Å². The summed E-state index contributed by atoms with van der Waals surface area (Å²) in [7, 11) is 0. The molecule has 0 saturated carbocycles. The van der Waals surface area contributed by atoms with Gasteiger partial charge in [-0.15, -0.1) is 12.4 Å². The number of carbonyl (C=O) groups is 1. The Morgan fingerprint density at radius 2 is 2.00 bits per heavy atom. The Balaban J connectivity index is 0.00000245. The molecule has 164 valence electrons. The van der Waals surface area contributed by atoms with E-state index < -0.39 is 0 Å². The molecule has 4 heterocycles. The summed E-state index contributed by atoms with van der Waals surface area (Å²) in [5.41, 5.74) is 10.0. The number of amides is 1. The zero-order chi connectivity index (χ0) is 21.4. The molecule has 1 saturated heterocycles. The van der Waals surface area contributed by atoms with Crippen LogP contribution in [0.15, 0.2) is 48.9 Å². The third-order valence-corrected chi connectivity index (χ3v) is 5.48. The van der Waals surface area contributed by atoms with Crippen molar-refractivity contribution in [1.82, 2.24) is 30.0 Å². The van der Waals surface area contributed by atoms with E-state index in [0.29, 0.717) is 22.9 Å². The standard InChI is InChI=1S/C22H22N8O.ClH/c1-13-6-9-25-17(10-13)28-22(31)15-4-2-14(3-5-15)19-18-20(23)26-12-27-21(18)30(29-19)16-7-8-24-11-16;/h2-6,9-10,12,16,24H,7-8,11H2,1H3,(H2,23,26,27)(H,25,28,31);1H/t16-;/m1./s1. The van der Waals surface area contributed by atoms with Gasteiger partial charge in [-0.05, 0) is 49.7 Å². The van der Waals surface area contributed by atoms with Crippen LogP contribution in [0.3, 0.4) is 0 Å². The van der Waals surface area contributed by atoms with Crippen LogP contribution in [0.2, 0.25) is 0 Å². The summed E-state index contributed by atoms with van der Waals surface area (Å²) in [6.45, 7) is 3.74. The third-order valence-electron chi connectivity index (χ3n) is 5.48. The second kappa shape index (κ2) is 8.89. The third kappa shape index (κ3) is 4.00. The Hall–Kier alpha value is -3.56. The molecule has 4 aromatic rings. The van der Waals surface area contributed by atoms with E-state index in [1.54, 1.807) is 18.3 Å². The summed E-state index contributed by atoms with van der Waals surface area (Å²) in [5, 5.41) is 11.7. The fourth-order valence-electron chi connectivity index (χ4n) is 3.87. The Morgan fingerprint density at radius 1 is 1.19 bits per heavy atom. The van der Waals surface area contributed by atoms with Crippen molar-refractivity contribution in [2.24, 2.45) is 0 Å². The Morgan fingerprint density at radius 3 is 2.72 bits per heavy atom. The largest absolute Gasteiger partial charge is 0.383 e. The number of carbonyl (C=O) groups excluding carboxylic acids is 1. The normalized spacial score (nSPS) is 15.5. The van der Waals surface area contributed by atoms with Crippen molar-refractivity contribution in [3.05, 3.63) is 60.0 Å². The molecule has 0 spiro atoms. The average molecular weight is 451 g/mol. The number of hydrogen-bond acceptors (Lipinski definition) is 7. The van der Waals surface area contributed by atoms with Crippen LogP contribution in [0.1, 0.15) is 28.4 Å². The molecule has 0 radical (unpaired) electrons. The van der Waals surface area contributed by atoms with Gasteiger partial charge in [-0.25, -0.2) is 19.6 Å². The smallest absolute Gasteiger partial charge is 0.256 e. The zero-order valence-electron chi connectivity index (χ0n) is 17.4. The van der Waals surface area contributed by atoms with Gasteiger partial charge in [0, 0.05) is 23.9 Å². The van der Waals surface area contributed by atoms with E-state index in [-0.39, 0.29) is 24.4 Å². The molecule has 0 unspecified atom stereocenters. The molecule has 4 N–H and O–H groups in total. The number of pyridine rings is 1. The summed E-state index contributed by atoms with van der Waals surface area (Å²) in [6.07, 6.45) is 4.11. The summed E-state index contributed by atoms with van der Waals surface area (Å²) < 4.78 is 1.94. The van der Waals surface area contributed by atoms with E-state index in [1.807, 2.05) is 35.9 Å². The highest BCUT2D eigenvalue weighted by Gasteiger charge is 2.24. The molecule has 1 fully saturated rings. The van der Waals surface area contributed by atoms with Crippen molar-refractivity contribution < 1.29 is 4.79 Å². The first-order chi connectivity index (χ1) is 15.1. The van der Waals surface area contributed by atoms with Gasteiger partial charge in [-0.3, -0.25) is 4.79 Å². The number of nitrogens with two attached hydrogens (primary N) is 1. The van der Waals surface area contributed by atoms with Crippen LogP contribution in [-0.2, 0) is 0 Å². The number of aryl methyl sites for hydroxylation is 1. The van der Waals surface area contributed by atoms with Crippen molar-refractivity contribution in [3.63, 3.8) is 0 Å². The van der Waals surface area contributed by atoms with E-state index in [1.165, 1.54) is 6.33 Å². The van der Waals surface area contributed by atoms with Gasteiger partial charge in [-0.1, -0.05) is 12.1 Å². The fraction of sp³-hybridized carbons (Fsp3) is 0.227. The van der Waals surface area contributed by atoms with E-state index in [2.05, 4.69) is 25.6 Å². The number of nitrogen functional groups attached to an aromatic ring is 1. The fourth-order valence-corrected chi connectivity index (χ4v) is 3.87. The summed E-state index contributed by atoms with van der Waals surface area (Å²) in [6, 6.07) is 11.2. The predicted molar refractivity (Wildman–Crippen MR) is 126 cm³/mol. The number of nitrogens with one attached hydrogen (secondary N) is 2. The first kappa shape index (κ1) is 21.7. The van der Waals surface area contributed by atoms with Gasteiger partial charge >= 0.3 is 0 Å². The van der Waals surface area contributed by atoms with Crippen LogP contribution in [0.4, 0.5) is 11.6 Å². The highest BCUT2D eigenvalue weighted by Crippen LogP contribution is 2.32. The van der Waals surface area contributed by atoms with E-state index in [9.17, 15) is 4.79 Å². The van der Waals surface area contributed by atoms with Gasteiger partial charge in [0.1, 0.15) is 23.7 Å². The van der Waals surface area contributed by atoms with E-state index in [0.717, 1.165) is 41.7 Å². The molecule has 1 atom stereocenters. The highest BCUT2D eigenvalue weighted by atomic mass is 35.5. The molecule has 5 rings (SSSR count). The molecule has 9 nitrogen and oxygen atoms in total. The van der Waals surface area contributed by atoms with Gasteiger partial charge < -0.3 is 16.4 Å². The number of nitrogens with zero attached hydrogens (tertiary/aromatic N) is 5. The first-order valence-corrected chi connectivity index (χ1v) is 10.1. The predicted octanol–water partition coefficient (Wildman–Crippen LogP) is 2.99. The summed E-state index contributed by atoms with van der Waals surface area (Å²) in [5.74, 6) is 0.693. The highest BCUT2D eigenvalue weighted by molar-refractivity contribution is 6.04. The molecule has 0 bridgehead atoms. The number of aromatic nitrogens is 5. The Bertz CT molecular complexity index is 1260. The average Bonchev–Trinajstić information content (AvgIpc) is 3.42. The van der Waals surface area contributed by atoms with Crippen LogP contribution in [0.25, 0.3) is 22.3 Å². The van der Waals surface area contributed by atoms with Gasteiger partial charge in [0.2, 0.25) is 0 Å². The molecule has 1 aliphatic rings. The molecular weight excluding hydrogens is 428 g/mol. The number of hydrogen-bond donors (Lipinski definition) is 3. The molecule has 32 heavy (non-hydrogen) atoms. The van der Waals surface area contributed by atoms with Crippen LogP contribution in [0.5, 0.6) is 0 Å². The van der Waals surface area contributed by atoms with Gasteiger partial charge in [-0.2, -0.15) is 5.10 Å². The second-order valence-corrected chi connectivity index (χ2v) is 7.65. The number of rotatable bonds is 4. The van der Waals surface area contributed by atoms with Crippen LogP contribution in [0, 0.1) is 6.92 Å². The maximum Gasteiger partial charge on any atom is 0.256 e. The lowest BCUT2D eigenvalue weighted by molar-refractivity contribution is 0.102. The van der Waals surface area contributed by atoms with Crippen molar-refractivity contribution >= 4 is 41.0 Å². The Kier molecular flexibility index (Phi) is 6.02. The lowest BCUT2D eigenvalue weighted by Gasteiger charge is -2.09. The molecule has 1 aromatic carbocycles. The van der Waals surface area contributed by atoms with Gasteiger partial charge in [0.25, 0.3) is 5.91 Å². The lowest BCUT2D eigenvalue weighted by Crippen LogP contribution is -2.15. The van der Waals surface area contributed by atoms with Crippen LogP contribution in [-0.4, -0.2) is 43.7 Å². The lowest BCUT2D eigenvalue weighted by atomic mass is 10.1. The molecule has 3 aromatic heterocycles. The summed E-state index contributed by atoms with van der Waals surface area (Å²) >= 11 is 0. The number of halogens is 1. The van der Waals surface area contributed by atoms with Crippen molar-refractivity contribution in [2.45, 2.75) is 19.4 Å². The van der Waals surface area contributed by atoms with Crippen molar-refractivity contribution in [2.75, 3.05) is 24.1 Å². The SMILES string of the molecule is Cc1ccnc(NC(=O)c2ccc(-c3nn([C@@H]4CCNC4)c4ncnc(N)c34)cc2)c1.Cl. The monoisotopic (exact) mass is 450 g/mol. The minimum absolute atomic E-state index is 0. The first-order valence-electron chi connectivity index (χ1n) is 10.1. The van der Waals surface area contributed by atoms with Crippen molar-refractivity contribution in [3.8, 4) is 11.3 Å². The number of benzene rings is 1. The Labute approximate surface area is 190 Å². The summed E-state index contributed by atoms with van der Waals surface area (Å²) in [4.78, 5) is 25.4. The minimum atomic E-state index is -0.222. The molecule has 1 aliphatic heterocycles. The number of anilines is 2. The molecule has 0 aliphatic carbocycles. The second-order valence-electron chi connectivity index (χ2n) is 7.65. The zero-order valence-corrected chi connectivity index (χ0v) is 18.3. The maximum absolute atomic E-state index is 12.6. The minimum Gasteiger partial charge on any atom is -0.383 e. The molecular formula is C22H23ClN8O. The van der Waals surface area contributed by atoms with E-state index in [4.69, 9.17) is 10.8 Å². The van der Waals surface area contributed by atoms with Crippen LogP contribution < -0.4 is 16.4 Å². The van der Waals surface area contributed by atoms with Gasteiger partial charge in [0.15, 0.2) is 5.65 Å². The molecule has 1 amide bonds. The maximum atomic E-state index is 12.6. The topological polar surface area (TPSA) is 124 Å². The van der Waals surface area contributed by atoms with Gasteiger partial charge in [0.05, 0.1) is 11.4 Å². The van der Waals surface area contributed by atoms with Crippen LogP contribution >= 0.6 is 12.4 Å². The van der Waals surface area contributed by atoms with E-state index >= 15 is 0 Å².